The first-order chi connectivity index (χ1) is 9.45. The molecule has 2 aromatic heterocycles. The van der Waals surface area contributed by atoms with Gasteiger partial charge in [0.15, 0.2) is 5.03 Å². The van der Waals surface area contributed by atoms with E-state index in [4.69, 9.17) is 0 Å². The lowest BCUT2D eigenvalue weighted by Gasteiger charge is -2.16. The van der Waals surface area contributed by atoms with Crippen molar-refractivity contribution in [1.82, 2.24) is 19.8 Å². The average Bonchev–Trinajstić information content (AvgIpc) is 2.99. The summed E-state index contributed by atoms with van der Waals surface area (Å²) in [4.78, 5) is 0.970. The first-order valence-electron chi connectivity index (χ1n) is 5.81. The van der Waals surface area contributed by atoms with Crippen molar-refractivity contribution in [3.05, 3.63) is 32.6 Å². The molecule has 20 heavy (non-hydrogen) atoms. The van der Waals surface area contributed by atoms with Gasteiger partial charge < -0.3 is 5.32 Å². The number of halogens is 1. The van der Waals surface area contributed by atoms with Gasteiger partial charge in [0.25, 0.3) is 10.0 Å². The molecule has 2 heterocycles. The molecule has 2 aromatic rings. The van der Waals surface area contributed by atoms with Crippen LogP contribution in [0, 0.1) is 0 Å². The standard InChI is InChI=1S/C11H15BrN4O2S2/c1-13-4-8-5-14-15-11(8)20(17,18)16(2)6-10-3-9(12)7-19-10/h3,5,7,13H,4,6H2,1-2H3,(H,14,15). The van der Waals surface area contributed by atoms with E-state index in [1.54, 1.807) is 14.1 Å². The molecule has 0 amide bonds. The minimum absolute atomic E-state index is 0.143. The van der Waals surface area contributed by atoms with Crippen LogP contribution < -0.4 is 5.32 Å². The Morgan fingerprint density at radius 3 is 2.90 bits per heavy atom. The minimum Gasteiger partial charge on any atom is -0.316 e. The first kappa shape index (κ1) is 15.6. The van der Waals surface area contributed by atoms with E-state index >= 15 is 0 Å². The molecule has 6 nitrogen and oxygen atoms in total. The van der Waals surface area contributed by atoms with Crippen molar-refractivity contribution in [2.75, 3.05) is 14.1 Å². The molecule has 0 atom stereocenters. The van der Waals surface area contributed by atoms with Gasteiger partial charge >= 0.3 is 0 Å². The van der Waals surface area contributed by atoms with Gasteiger partial charge in [-0.25, -0.2) is 8.42 Å². The molecule has 0 saturated heterocycles. The molecule has 0 fully saturated rings. The van der Waals surface area contributed by atoms with Crippen molar-refractivity contribution in [2.45, 2.75) is 18.1 Å². The Balaban J connectivity index is 2.22. The second kappa shape index (κ2) is 6.35. The SMILES string of the molecule is CNCc1cn[nH]c1S(=O)(=O)N(C)Cc1cc(Br)cs1. The van der Waals surface area contributed by atoms with E-state index in [0.29, 0.717) is 18.7 Å². The van der Waals surface area contributed by atoms with Gasteiger partial charge in [0.1, 0.15) is 0 Å². The summed E-state index contributed by atoms with van der Waals surface area (Å²) in [6.45, 7) is 0.778. The van der Waals surface area contributed by atoms with Crippen molar-refractivity contribution >= 4 is 37.3 Å². The second-order valence-corrected chi connectivity index (χ2v) is 8.14. The lowest BCUT2D eigenvalue weighted by molar-refractivity contribution is 0.465. The summed E-state index contributed by atoms with van der Waals surface area (Å²) >= 11 is 4.88. The van der Waals surface area contributed by atoms with Crippen LogP contribution in [0.4, 0.5) is 0 Å². The summed E-state index contributed by atoms with van der Waals surface area (Å²) in [5.74, 6) is 0. The normalized spacial score (nSPS) is 12.2. The van der Waals surface area contributed by atoms with Crippen molar-refractivity contribution in [3.8, 4) is 0 Å². The molecule has 0 spiro atoms. The molecule has 0 aromatic carbocycles. The molecule has 2 rings (SSSR count). The van der Waals surface area contributed by atoms with Gasteiger partial charge in [0.05, 0.1) is 6.20 Å². The summed E-state index contributed by atoms with van der Waals surface area (Å²) in [6.07, 6.45) is 1.53. The number of rotatable bonds is 6. The lowest BCUT2D eigenvalue weighted by Crippen LogP contribution is -2.27. The van der Waals surface area contributed by atoms with Crippen molar-refractivity contribution in [3.63, 3.8) is 0 Å². The maximum atomic E-state index is 12.5. The molecule has 9 heteroatoms. The van der Waals surface area contributed by atoms with Gasteiger partial charge in [-0.15, -0.1) is 11.3 Å². The maximum Gasteiger partial charge on any atom is 0.260 e. The van der Waals surface area contributed by atoms with E-state index in [2.05, 4.69) is 31.4 Å². The third-order valence-electron chi connectivity index (χ3n) is 2.71. The highest BCUT2D eigenvalue weighted by atomic mass is 79.9. The highest BCUT2D eigenvalue weighted by molar-refractivity contribution is 9.10. The van der Waals surface area contributed by atoms with E-state index in [1.165, 1.54) is 21.8 Å². The van der Waals surface area contributed by atoms with E-state index in [9.17, 15) is 8.42 Å². The Hall–Kier alpha value is -0.740. The fourth-order valence-electron chi connectivity index (χ4n) is 1.74. The minimum atomic E-state index is -3.57. The van der Waals surface area contributed by atoms with Crippen LogP contribution in [0.3, 0.4) is 0 Å². The molecule has 0 bridgehead atoms. The zero-order valence-electron chi connectivity index (χ0n) is 11.1. The number of aromatic amines is 1. The van der Waals surface area contributed by atoms with Crippen molar-refractivity contribution < 1.29 is 8.42 Å². The topological polar surface area (TPSA) is 78.1 Å². The summed E-state index contributed by atoms with van der Waals surface area (Å²) in [6, 6.07) is 1.91. The smallest absolute Gasteiger partial charge is 0.260 e. The number of nitrogens with one attached hydrogen (secondary N) is 2. The fourth-order valence-corrected chi connectivity index (χ4v) is 4.57. The van der Waals surface area contributed by atoms with Crippen LogP contribution >= 0.6 is 27.3 Å². The number of aromatic nitrogens is 2. The molecular weight excluding hydrogens is 364 g/mol. The molecule has 110 valence electrons. The quantitative estimate of drug-likeness (QED) is 0.802. The van der Waals surface area contributed by atoms with E-state index < -0.39 is 10.0 Å². The van der Waals surface area contributed by atoms with Gasteiger partial charge in [0.2, 0.25) is 0 Å². The predicted molar refractivity (Wildman–Crippen MR) is 82.0 cm³/mol. The monoisotopic (exact) mass is 378 g/mol. The van der Waals surface area contributed by atoms with Crippen LogP contribution in [-0.4, -0.2) is 37.0 Å². The van der Waals surface area contributed by atoms with Crippen LogP contribution in [0.25, 0.3) is 0 Å². The van der Waals surface area contributed by atoms with Gasteiger partial charge in [-0.3, -0.25) is 5.10 Å². The Bertz CT molecular complexity index is 680. The molecule has 0 aliphatic heterocycles. The average molecular weight is 379 g/mol. The molecule has 0 aliphatic rings. The number of hydrogen-bond acceptors (Lipinski definition) is 5. The van der Waals surface area contributed by atoms with Crippen LogP contribution in [0.5, 0.6) is 0 Å². The molecular formula is C11H15BrN4O2S2. The molecule has 0 unspecified atom stereocenters. The van der Waals surface area contributed by atoms with Gasteiger partial charge in [0, 0.05) is 40.4 Å². The Kier molecular flexibility index (Phi) is 4.97. The number of hydrogen-bond donors (Lipinski definition) is 2. The summed E-state index contributed by atoms with van der Waals surface area (Å²) in [5, 5.41) is 11.4. The van der Waals surface area contributed by atoms with E-state index in [0.717, 1.165) is 9.35 Å². The zero-order valence-corrected chi connectivity index (χ0v) is 14.3. The van der Waals surface area contributed by atoms with E-state index in [-0.39, 0.29) is 5.03 Å². The third kappa shape index (κ3) is 3.29. The number of thiophene rings is 1. The molecule has 2 N–H and O–H groups in total. The highest BCUT2D eigenvalue weighted by Gasteiger charge is 2.26. The van der Waals surface area contributed by atoms with Crippen molar-refractivity contribution in [2.24, 2.45) is 0 Å². The second-order valence-electron chi connectivity index (χ2n) is 4.25. The maximum absolute atomic E-state index is 12.5. The third-order valence-corrected chi connectivity index (χ3v) is 6.22. The molecule has 0 saturated carbocycles. The van der Waals surface area contributed by atoms with Gasteiger partial charge in [-0.1, -0.05) is 0 Å². The van der Waals surface area contributed by atoms with Crippen molar-refractivity contribution in [1.29, 1.82) is 0 Å². The lowest BCUT2D eigenvalue weighted by atomic mass is 10.4. The predicted octanol–water partition coefficient (Wildman–Crippen LogP) is 1.77. The fraction of sp³-hybridized carbons (Fsp3) is 0.364. The first-order valence-corrected chi connectivity index (χ1v) is 8.92. The Morgan fingerprint density at radius 2 is 2.30 bits per heavy atom. The number of sulfonamides is 1. The zero-order chi connectivity index (χ0) is 14.8. The summed E-state index contributed by atoms with van der Waals surface area (Å²) in [5.41, 5.74) is 0.631. The van der Waals surface area contributed by atoms with E-state index in [1.807, 2.05) is 11.4 Å². The van der Waals surface area contributed by atoms with Crippen LogP contribution in [0.1, 0.15) is 10.4 Å². The van der Waals surface area contributed by atoms with Gasteiger partial charge in [-0.05, 0) is 29.0 Å². The Labute approximate surface area is 130 Å². The summed E-state index contributed by atoms with van der Waals surface area (Å²) < 4.78 is 27.3. The number of nitrogens with zero attached hydrogens (tertiary/aromatic N) is 2. The summed E-state index contributed by atoms with van der Waals surface area (Å²) in [7, 11) is -0.248. The Morgan fingerprint density at radius 1 is 1.55 bits per heavy atom. The number of H-pyrrole nitrogens is 1. The molecule has 0 radical (unpaired) electrons. The molecule has 0 aliphatic carbocycles. The largest absolute Gasteiger partial charge is 0.316 e. The highest BCUT2D eigenvalue weighted by Crippen LogP contribution is 2.23. The van der Waals surface area contributed by atoms with Crippen LogP contribution in [0.2, 0.25) is 0 Å². The van der Waals surface area contributed by atoms with Crippen LogP contribution in [-0.2, 0) is 23.1 Å². The van der Waals surface area contributed by atoms with Crippen LogP contribution in [0.15, 0.2) is 27.1 Å². The van der Waals surface area contributed by atoms with Gasteiger partial charge in [-0.2, -0.15) is 9.40 Å².